The number of carbonyl (C=O) groups excluding carboxylic acids is 1. The molecule has 2 aromatic rings. The Labute approximate surface area is 154 Å². The first-order chi connectivity index (χ1) is 12.8. The summed E-state index contributed by atoms with van der Waals surface area (Å²) in [5.74, 6) is 0.511. The molecule has 1 aliphatic heterocycles. The van der Waals surface area contributed by atoms with E-state index >= 15 is 0 Å². The molecule has 0 unspecified atom stereocenters. The van der Waals surface area contributed by atoms with Gasteiger partial charge in [0.25, 0.3) is 5.91 Å². The molecular formula is C20H25N5O. The molecule has 0 atom stereocenters. The first kappa shape index (κ1) is 16.8. The van der Waals surface area contributed by atoms with Crippen molar-refractivity contribution >= 4 is 23.1 Å². The maximum Gasteiger partial charge on any atom is 0.270 e. The third-order valence-corrected chi connectivity index (χ3v) is 5.20. The fourth-order valence-corrected chi connectivity index (χ4v) is 3.76. The molecule has 0 spiro atoms. The van der Waals surface area contributed by atoms with Gasteiger partial charge in [0.05, 0.1) is 0 Å². The van der Waals surface area contributed by atoms with Gasteiger partial charge in [-0.05, 0) is 49.9 Å². The van der Waals surface area contributed by atoms with E-state index in [1.54, 1.807) is 6.07 Å². The molecule has 136 valence electrons. The van der Waals surface area contributed by atoms with E-state index in [1.165, 1.54) is 37.7 Å². The molecule has 6 nitrogen and oxygen atoms in total. The lowest BCUT2D eigenvalue weighted by Gasteiger charge is -2.18. The Balaban J connectivity index is 1.40. The van der Waals surface area contributed by atoms with E-state index in [1.807, 2.05) is 12.1 Å². The number of hydrogen-bond donors (Lipinski definition) is 2. The molecule has 1 aromatic carbocycles. The molecule has 0 radical (unpaired) electrons. The molecule has 1 saturated carbocycles. The van der Waals surface area contributed by atoms with Gasteiger partial charge in [0.1, 0.15) is 17.8 Å². The lowest BCUT2D eigenvalue weighted by molar-refractivity contribution is 0.0932. The molecule has 1 amide bonds. The smallest absolute Gasteiger partial charge is 0.270 e. The minimum absolute atomic E-state index is 0.119. The Kier molecular flexibility index (Phi) is 5.00. The lowest BCUT2D eigenvalue weighted by Crippen LogP contribution is -2.33. The number of aromatic nitrogens is 2. The van der Waals surface area contributed by atoms with E-state index in [-0.39, 0.29) is 11.9 Å². The third-order valence-electron chi connectivity index (χ3n) is 5.20. The largest absolute Gasteiger partial charge is 0.372 e. The summed E-state index contributed by atoms with van der Waals surface area (Å²) < 4.78 is 0. The Morgan fingerprint density at radius 1 is 1.00 bits per heavy atom. The van der Waals surface area contributed by atoms with Crippen molar-refractivity contribution in [3.05, 3.63) is 42.4 Å². The number of amides is 1. The molecule has 0 bridgehead atoms. The van der Waals surface area contributed by atoms with Crippen LogP contribution in [0.5, 0.6) is 0 Å². The van der Waals surface area contributed by atoms with Crippen LogP contribution in [0, 0.1) is 0 Å². The van der Waals surface area contributed by atoms with Gasteiger partial charge >= 0.3 is 0 Å². The van der Waals surface area contributed by atoms with Crippen LogP contribution in [-0.4, -0.2) is 35.0 Å². The predicted octanol–water partition coefficient (Wildman–Crippen LogP) is 3.49. The first-order valence-corrected chi connectivity index (χ1v) is 9.53. The van der Waals surface area contributed by atoms with E-state index in [9.17, 15) is 4.79 Å². The normalized spacial score (nSPS) is 17.5. The molecule has 1 saturated heterocycles. The van der Waals surface area contributed by atoms with Gasteiger partial charge in [-0.1, -0.05) is 12.8 Å². The fourth-order valence-electron chi connectivity index (χ4n) is 3.76. The van der Waals surface area contributed by atoms with Crippen molar-refractivity contribution in [2.75, 3.05) is 23.3 Å². The van der Waals surface area contributed by atoms with Crippen LogP contribution >= 0.6 is 0 Å². The minimum atomic E-state index is -0.119. The molecule has 4 rings (SSSR count). The fraction of sp³-hybridized carbons (Fsp3) is 0.450. The van der Waals surface area contributed by atoms with Gasteiger partial charge in [0.15, 0.2) is 0 Å². The summed E-state index contributed by atoms with van der Waals surface area (Å²) in [7, 11) is 0. The predicted molar refractivity (Wildman–Crippen MR) is 103 cm³/mol. The summed E-state index contributed by atoms with van der Waals surface area (Å²) in [6.07, 6.45) is 8.48. The molecule has 2 fully saturated rings. The summed E-state index contributed by atoms with van der Waals surface area (Å²) in [5.41, 5.74) is 2.62. The summed E-state index contributed by atoms with van der Waals surface area (Å²) >= 11 is 0. The highest BCUT2D eigenvalue weighted by molar-refractivity contribution is 5.93. The van der Waals surface area contributed by atoms with Crippen molar-refractivity contribution in [3.8, 4) is 0 Å². The van der Waals surface area contributed by atoms with E-state index in [2.05, 4.69) is 37.6 Å². The Morgan fingerprint density at radius 3 is 2.46 bits per heavy atom. The van der Waals surface area contributed by atoms with Crippen LogP contribution in [0.2, 0.25) is 0 Å². The lowest BCUT2D eigenvalue weighted by atomic mass is 10.2. The summed E-state index contributed by atoms with van der Waals surface area (Å²) in [6, 6.07) is 10.3. The quantitative estimate of drug-likeness (QED) is 0.863. The second-order valence-electron chi connectivity index (χ2n) is 7.11. The topological polar surface area (TPSA) is 70.2 Å². The van der Waals surface area contributed by atoms with Crippen molar-refractivity contribution in [2.45, 2.75) is 44.6 Å². The van der Waals surface area contributed by atoms with Crippen molar-refractivity contribution in [1.29, 1.82) is 0 Å². The van der Waals surface area contributed by atoms with E-state index in [0.717, 1.165) is 31.6 Å². The number of hydrogen-bond acceptors (Lipinski definition) is 5. The average molecular weight is 351 g/mol. The monoisotopic (exact) mass is 351 g/mol. The molecule has 1 aromatic heterocycles. The first-order valence-electron chi connectivity index (χ1n) is 9.53. The zero-order chi connectivity index (χ0) is 17.8. The number of nitrogens with one attached hydrogen (secondary N) is 2. The maximum absolute atomic E-state index is 12.4. The van der Waals surface area contributed by atoms with E-state index in [0.29, 0.717) is 11.5 Å². The highest BCUT2D eigenvalue weighted by atomic mass is 16.1. The molecule has 2 aliphatic rings. The van der Waals surface area contributed by atoms with Crippen molar-refractivity contribution in [2.24, 2.45) is 0 Å². The van der Waals surface area contributed by atoms with Crippen LogP contribution in [0.25, 0.3) is 0 Å². The number of nitrogens with zero attached hydrogens (tertiary/aromatic N) is 3. The standard InChI is InChI=1S/C20H25N5O/c26-20(24-15-5-1-2-6-15)18-13-19(22-14-21-18)23-16-7-9-17(10-8-16)25-11-3-4-12-25/h7-10,13-15H,1-6,11-12H2,(H,24,26)(H,21,22,23). The zero-order valence-electron chi connectivity index (χ0n) is 14.9. The second-order valence-corrected chi connectivity index (χ2v) is 7.11. The number of anilines is 3. The van der Waals surface area contributed by atoms with Gasteiger partial charge in [0, 0.05) is 36.6 Å². The zero-order valence-corrected chi connectivity index (χ0v) is 14.9. The van der Waals surface area contributed by atoms with Gasteiger partial charge in [-0.2, -0.15) is 0 Å². The van der Waals surface area contributed by atoms with Gasteiger partial charge in [-0.25, -0.2) is 9.97 Å². The van der Waals surface area contributed by atoms with Crippen LogP contribution in [-0.2, 0) is 0 Å². The Morgan fingerprint density at radius 2 is 1.73 bits per heavy atom. The minimum Gasteiger partial charge on any atom is -0.372 e. The van der Waals surface area contributed by atoms with Gasteiger partial charge in [0.2, 0.25) is 0 Å². The van der Waals surface area contributed by atoms with Crippen LogP contribution in [0.4, 0.5) is 17.2 Å². The molecule has 2 heterocycles. The SMILES string of the molecule is O=C(NC1CCCC1)c1cc(Nc2ccc(N3CCCC3)cc2)ncn1. The second kappa shape index (κ2) is 7.72. The van der Waals surface area contributed by atoms with E-state index in [4.69, 9.17) is 0 Å². The number of rotatable bonds is 5. The summed E-state index contributed by atoms with van der Waals surface area (Å²) in [4.78, 5) is 23.1. The average Bonchev–Trinajstić information content (AvgIpc) is 3.36. The molecule has 2 N–H and O–H groups in total. The van der Waals surface area contributed by atoms with Gasteiger partial charge in [-0.15, -0.1) is 0 Å². The van der Waals surface area contributed by atoms with Crippen molar-refractivity contribution in [1.82, 2.24) is 15.3 Å². The molecular weight excluding hydrogens is 326 g/mol. The molecule has 1 aliphatic carbocycles. The molecule has 26 heavy (non-hydrogen) atoms. The van der Waals surface area contributed by atoms with Crippen LogP contribution in [0.15, 0.2) is 36.7 Å². The van der Waals surface area contributed by atoms with Crippen LogP contribution in [0.3, 0.4) is 0 Å². The Hall–Kier alpha value is -2.63. The van der Waals surface area contributed by atoms with Crippen molar-refractivity contribution < 1.29 is 4.79 Å². The summed E-state index contributed by atoms with van der Waals surface area (Å²) in [6.45, 7) is 2.27. The molecule has 6 heteroatoms. The van der Waals surface area contributed by atoms with Crippen molar-refractivity contribution in [3.63, 3.8) is 0 Å². The van der Waals surface area contributed by atoms with Crippen LogP contribution in [0.1, 0.15) is 49.0 Å². The third kappa shape index (κ3) is 3.95. The van der Waals surface area contributed by atoms with Gasteiger partial charge < -0.3 is 15.5 Å². The Bertz CT molecular complexity index is 749. The highest BCUT2D eigenvalue weighted by Crippen LogP contribution is 2.23. The number of benzene rings is 1. The maximum atomic E-state index is 12.4. The van der Waals surface area contributed by atoms with E-state index < -0.39 is 0 Å². The summed E-state index contributed by atoms with van der Waals surface area (Å²) in [5, 5.41) is 6.32. The highest BCUT2D eigenvalue weighted by Gasteiger charge is 2.19. The van der Waals surface area contributed by atoms with Crippen LogP contribution < -0.4 is 15.5 Å². The van der Waals surface area contributed by atoms with Gasteiger partial charge in [-0.3, -0.25) is 4.79 Å². The number of carbonyl (C=O) groups is 1.